The highest BCUT2D eigenvalue weighted by Crippen LogP contribution is 2.75. The van der Waals surface area contributed by atoms with Gasteiger partial charge in [0.05, 0.1) is 18.1 Å². The highest BCUT2D eigenvalue weighted by Gasteiger charge is 2.69. The van der Waals surface area contributed by atoms with Gasteiger partial charge in [0.1, 0.15) is 18.3 Å². The molecule has 4 saturated carbocycles. The lowest BCUT2D eigenvalue weighted by Gasteiger charge is -2.71. The summed E-state index contributed by atoms with van der Waals surface area (Å²) < 4.78 is 12.1. The first-order valence-electron chi connectivity index (χ1n) is 16.7. The summed E-state index contributed by atoms with van der Waals surface area (Å²) in [7, 11) is 0. The first-order valence-corrected chi connectivity index (χ1v) is 16.7. The Morgan fingerprint density at radius 3 is 2.26 bits per heavy atom. The van der Waals surface area contributed by atoms with Gasteiger partial charge in [-0.2, -0.15) is 0 Å². The highest BCUT2D eigenvalue weighted by atomic mass is 16.7. The minimum atomic E-state index is -1.27. The van der Waals surface area contributed by atoms with Crippen molar-refractivity contribution in [3.63, 3.8) is 0 Å². The zero-order valence-electron chi connectivity index (χ0n) is 27.0. The predicted octanol–water partition coefficient (Wildman–Crippen LogP) is 5.70. The molecule has 7 heteroatoms. The van der Waals surface area contributed by atoms with Crippen LogP contribution in [0.25, 0.3) is 0 Å². The van der Waals surface area contributed by atoms with Gasteiger partial charge in [0, 0.05) is 0 Å². The van der Waals surface area contributed by atoms with Crippen molar-refractivity contribution in [3.05, 3.63) is 11.6 Å². The second-order valence-electron chi connectivity index (χ2n) is 17.4. The summed E-state index contributed by atoms with van der Waals surface area (Å²) in [5.74, 6) is 0.465. The molecule has 0 bridgehead atoms. The standard InChI is InChI=1S/C35H56O7/c1-30(2)14-16-35(29(39)40)17-15-33(6)20(21(35)18-30)8-9-24-32(5)12-11-25(31(3,4)23(32)10-13-34(24,33)7)42-28-27(38)26(37)22(36)19-41-28/h8,21-28,36-38H,9-19H2,1-7H3,(H,39,40)/t21-,22+,23-,24+,25-,26+,27-,28?,32-,33+,34+,35-/m0/s1. The lowest BCUT2D eigenvalue weighted by Crippen LogP contribution is -2.65. The Bertz CT molecular complexity index is 1130. The fraction of sp³-hybridized carbons (Fsp3) is 0.914. The van der Waals surface area contributed by atoms with Crippen LogP contribution in [-0.2, 0) is 14.3 Å². The minimum Gasteiger partial charge on any atom is -0.481 e. The van der Waals surface area contributed by atoms with Crippen LogP contribution in [0.3, 0.4) is 0 Å². The average molecular weight is 589 g/mol. The molecule has 6 rings (SSSR count). The molecule has 1 heterocycles. The average Bonchev–Trinajstić information content (AvgIpc) is 2.90. The van der Waals surface area contributed by atoms with Gasteiger partial charge in [-0.1, -0.05) is 60.1 Å². The third-order valence-corrected chi connectivity index (χ3v) is 14.8. The van der Waals surface area contributed by atoms with Crippen LogP contribution in [0, 0.1) is 50.2 Å². The molecule has 0 aromatic heterocycles. The van der Waals surface area contributed by atoms with E-state index in [1.54, 1.807) is 0 Å². The number of allylic oxidation sites excluding steroid dienone is 2. The van der Waals surface area contributed by atoms with Crippen molar-refractivity contribution < 1.29 is 34.7 Å². The summed E-state index contributed by atoms with van der Waals surface area (Å²) in [4.78, 5) is 12.9. The van der Waals surface area contributed by atoms with Crippen molar-refractivity contribution in [1.29, 1.82) is 0 Å². The molecule has 6 aliphatic rings. The van der Waals surface area contributed by atoms with E-state index >= 15 is 0 Å². The topological polar surface area (TPSA) is 116 Å². The quantitative estimate of drug-likeness (QED) is 0.247. The maximum atomic E-state index is 12.9. The smallest absolute Gasteiger partial charge is 0.310 e. The summed E-state index contributed by atoms with van der Waals surface area (Å²) in [6.07, 6.45) is 7.38. The first kappa shape index (κ1) is 31.0. The lowest BCUT2D eigenvalue weighted by molar-refractivity contribution is -0.308. The molecule has 42 heavy (non-hydrogen) atoms. The van der Waals surface area contributed by atoms with E-state index in [4.69, 9.17) is 9.47 Å². The molecule has 7 nitrogen and oxygen atoms in total. The van der Waals surface area contributed by atoms with Crippen molar-refractivity contribution in [3.8, 4) is 0 Å². The molecule has 0 radical (unpaired) electrons. The molecule has 0 aromatic carbocycles. The van der Waals surface area contributed by atoms with E-state index in [-0.39, 0.29) is 45.7 Å². The predicted molar refractivity (Wildman–Crippen MR) is 159 cm³/mol. The van der Waals surface area contributed by atoms with Crippen molar-refractivity contribution in [2.75, 3.05) is 6.61 Å². The van der Waals surface area contributed by atoms with E-state index in [0.29, 0.717) is 11.8 Å². The van der Waals surface area contributed by atoms with E-state index in [1.807, 2.05) is 0 Å². The SMILES string of the molecule is CC1(C)CC[C@]2(C(=O)O)CC[C@]3(C)C(=CC[C@@H]4[C@@]5(C)CC[C@H](OC6OC[C@@H](O)[C@@H](O)[C@@H]6O)C(C)(C)[C@@H]5CC[C@]43C)[C@@H]2C1. The van der Waals surface area contributed by atoms with Gasteiger partial charge in [0.25, 0.3) is 0 Å². The van der Waals surface area contributed by atoms with E-state index in [2.05, 4.69) is 54.5 Å². The maximum absolute atomic E-state index is 12.9. The molecule has 1 aliphatic heterocycles. The molecule has 0 spiro atoms. The number of rotatable bonds is 3. The Hall–Kier alpha value is -0.990. The minimum absolute atomic E-state index is 0.00452. The van der Waals surface area contributed by atoms with Crippen LogP contribution >= 0.6 is 0 Å². The maximum Gasteiger partial charge on any atom is 0.310 e. The van der Waals surface area contributed by atoms with Crippen LogP contribution in [0.1, 0.15) is 113 Å². The monoisotopic (exact) mass is 588 g/mol. The van der Waals surface area contributed by atoms with E-state index in [1.165, 1.54) is 5.57 Å². The van der Waals surface area contributed by atoms with Crippen molar-refractivity contribution in [2.45, 2.75) is 143 Å². The Labute approximate surface area is 252 Å². The van der Waals surface area contributed by atoms with Gasteiger partial charge in [0.15, 0.2) is 6.29 Å². The largest absolute Gasteiger partial charge is 0.481 e. The molecular formula is C35H56O7. The molecule has 5 aliphatic carbocycles. The molecule has 1 saturated heterocycles. The van der Waals surface area contributed by atoms with Gasteiger partial charge in [-0.15, -0.1) is 0 Å². The molecule has 12 atom stereocenters. The highest BCUT2D eigenvalue weighted by molar-refractivity contribution is 5.76. The third-order valence-electron chi connectivity index (χ3n) is 14.8. The Balaban J connectivity index is 1.30. The molecule has 0 aromatic rings. The van der Waals surface area contributed by atoms with Gasteiger partial charge in [-0.25, -0.2) is 0 Å². The normalized spacial score (nSPS) is 53.0. The Morgan fingerprint density at radius 2 is 1.57 bits per heavy atom. The molecule has 0 amide bonds. The van der Waals surface area contributed by atoms with Crippen molar-refractivity contribution >= 4 is 5.97 Å². The molecule has 1 unspecified atom stereocenters. The van der Waals surface area contributed by atoms with E-state index in [0.717, 1.165) is 64.2 Å². The fourth-order valence-electron chi connectivity index (χ4n) is 11.9. The van der Waals surface area contributed by atoms with Crippen LogP contribution in [-0.4, -0.2) is 63.7 Å². The van der Waals surface area contributed by atoms with Gasteiger partial charge in [-0.3, -0.25) is 4.79 Å². The zero-order chi connectivity index (χ0) is 30.7. The second kappa shape index (κ2) is 9.75. The summed E-state index contributed by atoms with van der Waals surface area (Å²) in [5.41, 5.74) is 1.05. The van der Waals surface area contributed by atoms with Crippen molar-refractivity contribution in [2.24, 2.45) is 50.2 Å². The number of aliphatic carboxylic acids is 1. The van der Waals surface area contributed by atoms with Crippen LogP contribution < -0.4 is 0 Å². The number of hydrogen-bond acceptors (Lipinski definition) is 6. The van der Waals surface area contributed by atoms with Gasteiger partial charge >= 0.3 is 5.97 Å². The summed E-state index contributed by atoms with van der Waals surface area (Å²) in [5, 5.41) is 41.3. The van der Waals surface area contributed by atoms with Crippen LogP contribution in [0.4, 0.5) is 0 Å². The van der Waals surface area contributed by atoms with Crippen molar-refractivity contribution in [1.82, 2.24) is 0 Å². The van der Waals surface area contributed by atoms with E-state index < -0.39 is 36.0 Å². The summed E-state index contributed by atoms with van der Waals surface area (Å²) in [6, 6.07) is 0. The number of aliphatic hydroxyl groups excluding tert-OH is 3. The molecule has 4 N–H and O–H groups in total. The van der Waals surface area contributed by atoms with Gasteiger partial charge in [-0.05, 0) is 109 Å². The number of hydrogen-bond donors (Lipinski definition) is 4. The first-order chi connectivity index (χ1) is 19.4. The number of carbonyl (C=O) groups is 1. The number of ether oxygens (including phenoxy) is 2. The van der Waals surface area contributed by atoms with Crippen LogP contribution in [0.5, 0.6) is 0 Å². The van der Waals surface area contributed by atoms with Crippen LogP contribution in [0.2, 0.25) is 0 Å². The summed E-state index contributed by atoms with van der Waals surface area (Å²) >= 11 is 0. The molecule has 238 valence electrons. The lowest BCUT2D eigenvalue weighted by atomic mass is 9.33. The fourth-order valence-corrected chi connectivity index (χ4v) is 11.9. The van der Waals surface area contributed by atoms with Gasteiger partial charge < -0.3 is 29.9 Å². The van der Waals surface area contributed by atoms with E-state index in [9.17, 15) is 25.2 Å². The zero-order valence-corrected chi connectivity index (χ0v) is 27.0. The number of carboxylic acids is 1. The third kappa shape index (κ3) is 4.12. The second-order valence-corrected chi connectivity index (χ2v) is 17.4. The molecule has 5 fully saturated rings. The van der Waals surface area contributed by atoms with Crippen LogP contribution in [0.15, 0.2) is 11.6 Å². The Morgan fingerprint density at radius 1 is 0.881 bits per heavy atom. The molecular weight excluding hydrogens is 532 g/mol. The Kier molecular flexibility index (Phi) is 7.20. The number of aliphatic hydroxyl groups is 3. The number of fused-ring (bicyclic) bond motifs is 7. The summed E-state index contributed by atoms with van der Waals surface area (Å²) in [6.45, 7) is 16.8. The van der Waals surface area contributed by atoms with Gasteiger partial charge in [0.2, 0.25) is 0 Å². The number of carboxylic acid groups (broad SMARTS) is 1.